The van der Waals surface area contributed by atoms with E-state index in [9.17, 15) is 0 Å². The number of nitrogens with zero attached hydrogens (tertiary/aromatic N) is 1. The normalized spacial score (nSPS) is 21.6. The summed E-state index contributed by atoms with van der Waals surface area (Å²) >= 11 is 1.71. The molecule has 1 aliphatic rings. The van der Waals surface area contributed by atoms with Gasteiger partial charge in [0.1, 0.15) is 0 Å². The highest BCUT2D eigenvalue weighted by atomic mass is 32.2. The highest BCUT2D eigenvalue weighted by molar-refractivity contribution is 8.03. The molecule has 90 valence electrons. The molecule has 1 aliphatic heterocycles. The van der Waals surface area contributed by atoms with Gasteiger partial charge in [-0.25, -0.2) is 0 Å². The summed E-state index contributed by atoms with van der Waals surface area (Å²) in [5, 5.41) is 8.96. The van der Waals surface area contributed by atoms with E-state index in [0.717, 1.165) is 5.69 Å². The second-order valence-corrected chi connectivity index (χ2v) is 5.09. The summed E-state index contributed by atoms with van der Waals surface area (Å²) in [7, 11) is 0. The first-order valence-corrected chi connectivity index (χ1v) is 6.61. The number of thioether (sulfide) groups is 1. The maximum absolute atomic E-state index is 4.03. The lowest BCUT2D eigenvalue weighted by molar-refractivity contribution is 0.648. The van der Waals surface area contributed by atoms with Gasteiger partial charge in [-0.15, -0.1) is 0 Å². The smallest absolute Gasteiger partial charge is 0.187 e. The Morgan fingerprint density at radius 2 is 1.83 bits per heavy atom. The summed E-state index contributed by atoms with van der Waals surface area (Å²) in [4.78, 5) is 3.70. The molecule has 3 rings (SSSR count). The molecule has 18 heavy (non-hydrogen) atoms. The summed E-state index contributed by atoms with van der Waals surface area (Å²) < 4.78 is 0. The van der Waals surface area contributed by atoms with Crippen LogP contribution in [0.15, 0.2) is 66.5 Å². The number of aromatic nitrogens is 1. The van der Waals surface area contributed by atoms with Crippen molar-refractivity contribution in [1.29, 1.82) is 0 Å². The number of nitrogens with one attached hydrogen (secondary N) is 2. The fraction of sp³-hybridized carbons (Fsp3) is 0.0714. The number of benzene rings is 1. The molecular formula is C14H13N3S. The van der Waals surface area contributed by atoms with Crippen molar-refractivity contribution < 1.29 is 0 Å². The van der Waals surface area contributed by atoms with Crippen LogP contribution in [0.4, 0.5) is 5.69 Å². The molecule has 0 saturated heterocycles. The van der Waals surface area contributed by atoms with Gasteiger partial charge in [-0.3, -0.25) is 4.98 Å². The van der Waals surface area contributed by atoms with Crippen LogP contribution in [0.1, 0.15) is 5.56 Å². The van der Waals surface area contributed by atoms with Crippen molar-refractivity contribution in [3.05, 3.63) is 72.0 Å². The lowest BCUT2D eigenvalue weighted by atomic mass is 10.1. The summed E-state index contributed by atoms with van der Waals surface area (Å²) in [5.41, 5.74) is 2.23. The lowest BCUT2D eigenvalue weighted by Gasteiger charge is -2.31. The molecule has 0 radical (unpaired) electrons. The molecule has 3 nitrogen and oxygen atoms in total. The van der Waals surface area contributed by atoms with E-state index in [1.165, 1.54) is 5.56 Å². The Morgan fingerprint density at radius 3 is 2.50 bits per heavy atom. The van der Waals surface area contributed by atoms with Gasteiger partial charge < -0.3 is 10.6 Å². The van der Waals surface area contributed by atoms with Gasteiger partial charge in [-0.05, 0) is 17.5 Å². The zero-order valence-corrected chi connectivity index (χ0v) is 10.5. The van der Waals surface area contributed by atoms with Gasteiger partial charge in [-0.2, -0.15) is 0 Å². The molecule has 0 amide bonds. The molecule has 1 unspecified atom stereocenters. The average molecular weight is 255 g/mol. The molecule has 1 aromatic carbocycles. The second-order valence-electron chi connectivity index (χ2n) is 3.97. The number of anilines is 1. The first kappa shape index (κ1) is 11.2. The van der Waals surface area contributed by atoms with Gasteiger partial charge in [0, 0.05) is 29.8 Å². The summed E-state index contributed by atoms with van der Waals surface area (Å²) in [6.07, 6.45) is 5.54. The van der Waals surface area contributed by atoms with Crippen LogP contribution >= 0.6 is 11.8 Å². The van der Waals surface area contributed by atoms with Crippen molar-refractivity contribution in [1.82, 2.24) is 10.3 Å². The van der Waals surface area contributed by atoms with E-state index in [1.54, 1.807) is 24.2 Å². The van der Waals surface area contributed by atoms with Crippen molar-refractivity contribution in [2.45, 2.75) is 4.99 Å². The van der Waals surface area contributed by atoms with Gasteiger partial charge in [-0.1, -0.05) is 42.1 Å². The molecule has 4 heteroatoms. The molecule has 2 heterocycles. The Kier molecular flexibility index (Phi) is 2.94. The van der Waals surface area contributed by atoms with E-state index in [2.05, 4.69) is 33.2 Å². The second kappa shape index (κ2) is 4.74. The molecular weight excluding hydrogens is 242 g/mol. The highest BCUT2D eigenvalue weighted by Crippen LogP contribution is 2.38. The molecule has 0 spiro atoms. The molecule has 2 N–H and O–H groups in total. The Hall–Kier alpha value is -1.94. The van der Waals surface area contributed by atoms with Crippen molar-refractivity contribution in [2.75, 3.05) is 5.32 Å². The standard InChI is InChI=1S/C14H13N3S/c1-2-4-12(5-3-1)14(16-10-11-18-14)17-13-6-8-15-9-7-13/h1-11,16H,(H,15,17). The maximum Gasteiger partial charge on any atom is 0.187 e. The van der Waals surface area contributed by atoms with Crippen LogP contribution in [0.3, 0.4) is 0 Å². The van der Waals surface area contributed by atoms with Crippen LogP contribution < -0.4 is 10.6 Å². The van der Waals surface area contributed by atoms with Crippen LogP contribution in [0.5, 0.6) is 0 Å². The maximum atomic E-state index is 4.03. The van der Waals surface area contributed by atoms with Gasteiger partial charge >= 0.3 is 0 Å². The van der Waals surface area contributed by atoms with E-state index in [-0.39, 0.29) is 4.99 Å². The highest BCUT2D eigenvalue weighted by Gasteiger charge is 2.33. The molecule has 2 aromatic rings. The fourth-order valence-electron chi connectivity index (χ4n) is 1.92. The Morgan fingerprint density at radius 1 is 1.06 bits per heavy atom. The Labute approximate surface area is 110 Å². The molecule has 1 atom stereocenters. The quantitative estimate of drug-likeness (QED) is 0.883. The van der Waals surface area contributed by atoms with E-state index in [1.807, 2.05) is 36.5 Å². The van der Waals surface area contributed by atoms with Gasteiger partial charge in [0.15, 0.2) is 4.99 Å². The fourth-order valence-corrected chi connectivity index (χ4v) is 2.85. The molecule has 0 bridgehead atoms. The topological polar surface area (TPSA) is 37.0 Å². The van der Waals surface area contributed by atoms with Crippen LogP contribution in [-0.4, -0.2) is 4.98 Å². The van der Waals surface area contributed by atoms with Crippen molar-refractivity contribution >= 4 is 17.4 Å². The summed E-state index contributed by atoms with van der Waals surface area (Å²) in [6, 6.07) is 14.3. The van der Waals surface area contributed by atoms with Crippen molar-refractivity contribution in [2.24, 2.45) is 0 Å². The zero-order chi connectivity index (χ0) is 12.3. The van der Waals surface area contributed by atoms with Crippen molar-refractivity contribution in [3.8, 4) is 0 Å². The molecule has 0 fully saturated rings. The van der Waals surface area contributed by atoms with E-state index >= 15 is 0 Å². The predicted octanol–water partition coefficient (Wildman–Crippen LogP) is 3.11. The third-order valence-electron chi connectivity index (χ3n) is 2.78. The first-order chi connectivity index (χ1) is 8.89. The van der Waals surface area contributed by atoms with Gasteiger partial charge in [0.2, 0.25) is 0 Å². The number of hydrogen-bond donors (Lipinski definition) is 2. The Balaban J connectivity index is 1.93. The third kappa shape index (κ3) is 2.07. The van der Waals surface area contributed by atoms with Crippen molar-refractivity contribution in [3.63, 3.8) is 0 Å². The van der Waals surface area contributed by atoms with E-state index in [0.29, 0.717) is 0 Å². The minimum absolute atomic E-state index is 0.331. The van der Waals surface area contributed by atoms with E-state index in [4.69, 9.17) is 0 Å². The number of hydrogen-bond acceptors (Lipinski definition) is 4. The minimum atomic E-state index is -0.331. The third-order valence-corrected chi connectivity index (χ3v) is 3.86. The molecule has 0 saturated carbocycles. The minimum Gasteiger partial charge on any atom is -0.356 e. The predicted molar refractivity (Wildman–Crippen MR) is 75.8 cm³/mol. The lowest BCUT2D eigenvalue weighted by Crippen LogP contribution is -2.40. The van der Waals surface area contributed by atoms with E-state index < -0.39 is 0 Å². The van der Waals surface area contributed by atoms with Crippen LogP contribution in [0.2, 0.25) is 0 Å². The first-order valence-electron chi connectivity index (χ1n) is 5.73. The zero-order valence-electron chi connectivity index (χ0n) is 9.71. The monoisotopic (exact) mass is 255 g/mol. The summed E-state index contributed by atoms with van der Waals surface area (Å²) in [6.45, 7) is 0. The number of rotatable bonds is 3. The SMILES string of the molecule is C1=CSC(Nc2ccncc2)(c2ccccc2)N1. The van der Waals surface area contributed by atoms with Crippen LogP contribution in [0, 0.1) is 0 Å². The Bertz CT molecular complexity index is 531. The molecule has 0 aliphatic carbocycles. The van der Waals surface area contributed by atoms with Gasteiger partial charge in [0.25, 0.3) is 0 Å². The average Bonchev–Trinajstić information content (AvgIpc) is 2.91. The number of pyridine rings is 1. The largest absolute Gasteiger partial charge is 0.356 e. The summed E-state index contributed by atoms with van der Waals surface area (Å²) in [5.74, 6) is 0. The molecule has 1 aromatic heterocycles. The van der Waals surface area contributed by atoms with Crippen LogP contribution in [-0.2, 0) is 4.99 Å². The van der Waals surface area contributed by atoms with Gasteiger partial charge in [0.05, 0.1) is 0 Å². The van der Waals surface area contributed by atoms with Crippen LogP contribution in [0.25, 0.3) is 0 Å².